The Morgan fingerprint density at radius 1 is 1.05 bits per heavy atom. The molecule has 0 N–H and O–H groups in total. The highest BCUT2D eigenvalue weighted by molar-refractivity contribution is 6.06. The summed E-state index contributed by atoms with van der Waals surface area (Å²) in [4.78, 5) is 34.6. The topological polar surface area (TPSA) is 95.7 Å². The minimum absolute atomic E-state index is 0.0261. The van der Waals surface area contributed by atoms with Crippen LogP contribution < -0.4 is 0 Å². The first-order chi connectivity index (χ1) is 10.5. The lowest BCUT2D eigenvalue weighted by atomic mass is 9.91. The smallest absolute Gasteiger partial charge is 0.324 e. The van der Waals surface area contributed by atoms with Crippen LogP contribution in [-0.2, 0) is 19.1 Å². The Morgan fingerprint density at radius 2 is 1.64 bits per heavy atom. The highest BCUT2D eigenvalue weighted by Gasteiger charge is 2.37. The van der Waals surface area contributed by atoms with Crippen LogP contribution in [0.5, 0.6) is 0 Å². The summed E-state index contributed by atoms with van der Waals surface area (Å²) in [5, 5.41) is 12.4. The second kappa shape index (κ2) is 6.21. The Balaban J connectivity index is 2.84. The number of carbonyl (C=O) groups excluding carboxylic acids is 2. The standard InChI is InChI=1S/C15H13NO6/c1-21-14(17)13(15(18)22-2)12-10-6-4-3-5-9(10)7-8-11(12)16(19)20/h3-8,13H,1-2H3. The first-order valence-corrected chi connectivity index (χ1v) is 6.33. The largest absolute Gasteiger partial charge is 0.468 e. The van der Waals surface area contributed by atoms with E-state index in [4.69, 9.17) is 0 Å². The number of nitro benzene ring substituents is 1. The fraction of sp³-hybridized carbons (Fsp3) is 0.200. The number of methoxy groups -OCH3 is 2. The number of carbonyl (C=O) groups is 2. The number of nitro groups is 1. The SMILES string of the molecule is COC(=O)C(C(=O)OC)c1c([N+](=O)[O-])ccc2ccccc12. The highest BCUT2D eigenvalue weighted by Crippen LogP contribution is 2.35. The van der Waals surface area contributed by atoms with Gasteiger partial charge in [0.2, 0.25) is 0 Å². The molecule has 0 bridgehead atoms. The molecule has 7 nitrogen and oxygen atoms in total. The molecule has 2 rings (SSSR count). The lowest BCUT2D eigenvalue weighted by Crippen LogP contribution is -2.25. The minimum atomic E-state index is -1.51. The summed E-state index contributed by atoms with van der Waals surface area (Å²) in [6.45, 7) is 0. The van der Waals surface area contributed by atoms with E-state index >= 15 is 0 Å². The molecule has 2 aromatic carbocycles. The van der Waals surface area contributed by atoms with Gasteiger partial charge in [0.25, 0.3) is 5.69 Å². The van der Waals surface area contributed by atoms with Gasteiger partial charge in [-0.05, 0) is 16.8 Å². The Hall–Kier alpha value is -2.96. The Kier molecular flexibility index (Phi) is 4.36. The van der Waals surface area contributed by atoms with Crippen LogP contribution in [0.25, 0.3) is 10.8 Å². The van der Waals surface area contributed by atoms with Crippen LogP contribution in [0.4, 0.5) is 5.69 Å². The monoisotopic (exact) mass is 303 g/mol. The van der Waals surface area contributed by atoms with Crippen molar-refractivity contribution in [1.82, 2.24) is 0 Å². The van der Waals surface area contributed by atoms with Crippen molar-refractivity contribution in [1.29, 1.82) is 0 Å². The van der Waals surface area contributed by atoms with E-state index < -0.39 is 22.8 Å². The molecule has 0 unspecified atom stereocenters. The molecule has 7 heteroatoms. The van der Waals surface area contributed by atoms with Gasteiger partial charge in [-0.1, -0.05) is 24.3 Å². The van der Waals surface area contributed by atoms with Gasteiger partial charge in [0.05, 0.1) is 24.7 Å². The van der Waals surface area contributed by atoms with Crippen LogP contribution in [0.15, 0.2) is 36.4 Å². The molecule has 22 heavy (non-hydrogen) atoms. The Labute approximate surface area is 125 Å². The Bertz CT molecular complexity index is 739. The molecule has 0 amide bonds. The molecule has 114 valence electrons. The van der Waals surface area contributed by atoms with Crippen LogP contribution in [0.2, 0.25) is 0 Å². The summed E-state index contributed by atoms with van der Waals surface area (Å²) < 4.78 is 9.22. The quantitative estimate of drug-likeness (QED) is 0.372. The zero-order valence-corrected chi connectivity index (χ0v) is 11.9. The van der Waals surface area contributed by atoms with Gasteiger partial charge < -0.3 is 9.47 Å². The van der Waals surface area contributed by atoms with E-state index in [2.05, 4.69) is 9.47 Å². The minimum Gasteiger partial charge on any atom is -0.468 e. The zero-order valence-electron chi connectivity index (χ0n) is 11.9. The van der Waals surface area contributed by atoms with Gasteiger partial charge in [0.15, 0.2) is 5.92 Å². The van der Waals surface area contributed by atoms with E-state index in [1.807, 2.05) is 0 Å². The predicted octanol–water partition coefficient (Wildman–Crippen LogP) is 2.18. The van der Waals surface area contributed by atoms with Crippen LogP contribution >= 0.6 is 0 Å². The molecular weight excluding hydrogens is 290 g/mol. The van der Waals surface area contributed by atoms with Gasteiger partial charge in [-0.15, -0.1) is 0 Å². The zero-order chi connectivity index (χ0) is 16.3. The van der Waals surface area contributed by atoms with Crippen LogP contribution in [-0.4, -0.2) is 31.1 Å². The predicted molar refractivity (Wildman–Crippen MR) is 77.4 cm³/mol. The highest BCUT2D eigenvalue weighted by atomic mass is 16.6. The molecule has 0 saturated carbocycles. The number of nitrogens with zero attached hydrogens (tertiary/aromatic N) is 1. The fourth-order valence-electron chi connectivity index (χ4n) is 2.31. The van der Waals surface area contributed by atoms with Gasteiger partial charge in [-0.2, -0.15) is 0 Å². The van der Waals surface area contributed by atoms with E-state index in [9.17, 15) is 19.7 Å². The van der Waals surface area contributed by atoms with Crippen molar-refractivity contribution in [2.45, 2.75) is 5.92 Å². The molecule has 0 saturated heterocycles. The summed E-state index contributed by atoms with van der Waals surface area (Å²) in [5.74, 6) is -3.33. The molecular formula is C15H13NO6. The van der Waals surface area contributed by atoms with Crippen molar-refractivity contribution in [2.24, 2.45) is 0 Å². The molecule has 0 aliphatic carbocycles. The normalized spacial score (nSPS) is 10.5. The van der Waals surface area contributed by atoms with Crippen molar-refractivity contribution in [3.05, 3.63) is 52.1 Å². The lowest BCUT2D eigenvalue weighted by molar-refractivity contribution is -0.385. The number of rotatable bonds is 4. The molecule has 0 atom stereocenters. The van der Waals surface area contributed by atoms with E-state index in [0.29, 0.717) is 10.8 Å². The van der Waals surface area contributed by atoms with Gasteiger partial charge in [-0.25, -0.2) is 0 Å². The number of ether oxygens (including phenoxy) is 2. The fourth-order valence-corrected chi connectivity index (χ4v) is 2.31. The van der Waals surface area contributed by atoms with E-state index in [1.54, 1.807) is 30.3 Å². The number of hydrogen-bond acceptors (Lipinski definition) is 6. The van der Waals surface area contributed by atoms with Gasteiger partial charge in [0, 0.05) is 6.07 Å². The third-order valence-electron chi connectivity index (χ3n) is 3.31. The maximum absolute atomic E-state index is 12.0. The van der Waals surface area contributed by atoms with E-state index in [0.717, 1.165) is 14.2 Å². The molecule has 0 fully saturated rings. The molecule has 0 aromatic heterocycles. The average molecular weight is 303 g/mol. The summed E-state index contributed by atoms with van der Waals surface area (Å²) in [6, 6.07) is 9.58. The maximum atomic E-state index is 12.0. The van der Waals surface area contributed by atoms with Crippen molar-refractivity contribution < 1.29 is 24.0 Å². The summed E-state index contributed by atoms with van der Waals surface area (Å²) in [6.07, 6.45) is 0. The maximum Gasteiger partial charge on any atom is 0.324 e. The number of fused-ring (bicyclic) bond motifs is 1. The second-order valence-corrected chi connectivity index (χ2v) is 4.46. The third-order valence-corrected chi connectivity index (χ3v) is 3.31. The molecule has 0 aliphatic rings. The first-order valence-electron chi connectivity index (χ1n) is 6.33. The first kappa shape index (κ1) is 15.4. The van der Waals surface area contributed by atoms with Crippen LogP contribution in [0.3, 0.4) is 0 Å². The number of hydrogen-bond donors (Lipinski definition) is 0. The number of benzene rings is 2. The molecule has 0 aliphatic heterocycles. The second-order valence-electron chi connectivity index (χ2n) is 4.46. The van der Waals surface area contributed by atoms with Crippen molar-refractivity contribution in [2.75, 3.05) is 14.2 Å². The van der Waals surface area contributed by atoms with Crippen molar-refractivity contribution in [3.8, 4) is 0 Å². The third kappa shape index (κ3) is 2.60. The van der Waals surface area contributed by atoms with E-state index in [1.165, 1.54) is 6.07 Å². The van der Waals surface area contributed by atoms with Crippen LogP contribution in [0.1, 0.15) is 11.5 Å². The van der Waals surface area contributed by atoms with Gasteiger partial charge in [0.1, 0.15) is 0 Å². The Morgan fingerprint density at radius 3 is 2.18 bits per heavy atom. The summed E-state index contributed by atoms with van der Waals surface area (Å²) >= 11 is 0. The van der Waals surface area contributed by atoms with Gasteiger partial charge >= 0.3 is 11.9 Å². The van der Waals surface area contributed by atoms with Crippen molar-refractivity contribution in [3.63, 3.8) is 0 Å². The summed E-state index contributed by atoms with van der Waals surface area (Å²) in [7, 11) is 2.21. The average Bonchev–Trinajstić information content (AvgIpc) is 2.54. The van der Waals surface area contributed by atoms with Gasteiger partial charge in [-0.3, -0.25) is 19.7 Å². The molecule has 0 radical (unpaired) electrons. The van der Waals surface area contributed by atoms with Crippen molar-refractivity contribution >= 4 is 28.4 Å². The van der Waals surface area contributed by atoms with Crippen LogP contribution in [0, 0.1) is 10.1 Å². The molecule has 2 aromatic rings. The molecule has 0 heterocycles. The lowest BCUT2D eigenvalue weighted by Gasteiger charge is -2.15. The number of esters is 2. The summed E-state index contributed by atoms with van der Waals surface area (Å²) in [5.41, 5.74) is -0.360. The van der Waals surface area contributed by atoms with E-state index in [-0.39, 0.29) is 11.3 Å². The molecule has 0 spiro atoms.